The smallest absolute Gasteiger partial charge is 0.119 e. The van der Waals surface area contributed by atoms with E-state index in [1.54, 1.807) is 0 Å². The molecule has 0 amide bonds. The van der Waals surface area contributed by atoms with Crippen LogP contribution in [-0.2, 0) is 13.1 Å². The molecule has 0 aromatic heterocycles. The van der Waals surface area contributed by atoms with Gasteiger partial charge in [-0.25, -0.2) is 0 Å². The first-order valence-electron chi connectivity index (χ1n) is 11.1. The van der Waals surface area contributed by atoms with E-state index in [0.29, 0.717) is 18.6 Å². The second kappa shape index (κ2) is 10.4. The first kappa shape index (κ1) is 20.6. The van der Waals surface area contributed by atoms with E-state index < -0.39 is 0 Å². The van der Waals surface area contributed by atoms with Crippen LogP contribution in [0.25, 0.3) is 0 Å². The fourth-order valence-corrected chi connectivity index (χ4v) is 4.41. The van der Waals surface area contributed by atoms with Gasteiger partial charge < -0.3 is 10.1 Å². The Bertz CT molecular complexity index is 880. The largest absolute Gasteiger partial charge is 0.494 e. The Balaban J connectivity index is 1.48. The topological polar surface area (TPSA) is 24.5 Å². The number of nitrogens with zero attached hydrogens (tertiary/aromatic N) is 1. The van der Waals surface area contributed by atoms with Gasteiger partial charge >= 0.3 is 0 Å². The molecule has 0 aliphatic carbocycles. The zero-order valence-corrected chi connectivity index (χ0v) is 17.8. The van der Waals surface area contributed by atoms with Gasteiger partial charge in [0.2, 0.25) is 0 Å². The standard InChI is InChI=1S/C27H32N2O/c1-2-30-25-15-13-24(14-16-25)26-21-29(20-23-11-7-4-8-12-23)18-17-27(26)28-19-22-9-5-3-6-10-22/h3-16,26-28H,2,17-21H2,1H3/t26-,27-/m0/s1. The van der Waals surface area contributed by atoms with Crippen LogP contribution in [0.5, 0.6) is 5.75 Å². The summed E-state index contributed by atoms with van der Waals surface area (Å²) in [5.74, 6) is 1.41. The van der Waals surface area contributed by atoms with Gasteiger partial charge in [0.25, 0.3) is 0 Å². The van der Waals surface area contributed by atoms with Crippen LogP contribution in [0.3, 0.4) is 0 Å². The Hall–Kier alpha value is -2.62. The Labute approximate surface area is 180 Å². The molecule has 4 rings (SSSR count). The SMILES string of the molecule is CCOc1ccc([C@@H]2CN(Cc3ccccc3)CC[C@@H]2NCc2ccccc2)cc1. The molecule has 0 bridgehead atoms. The van der Waals surface area contributed by atoms with Gasteiger partial charge in [-0.3, -0.25) is 4.90 Å². The minimum Gasteiger partial charge on any atom is -0.494 e. The second-order valence-electron chi connectivity index (χ2n) is 8.09. The third-order valence-corrected chi connectivity index (χ3v) is 5.98. The lowest BCUT2D eigenvalue weighted by atomic mass is 9.85. The summed E-state index contributed by atoms with van der Waals surface area (Å²) in [6.45, 7) is 6.84. The first-order chi connectivity index (χ1) is 14.8. The van der Waals surface area contributed by atoms with Crippen molar-refractivity contribution in [2.45, 2.75) is 38.4 Å². The molecule has 0 radical (unpaired) electrons. The normalized spacial score (nSPS) is 19.5. The van der Waals surface area contributed by atoms with E-state index in [4.69, 9.17) is 4.74 Å². The molecule has 3 nitrogen and oxygen atoms in total. The molecule has 1 fully saturated rings. The maximum atomic E-state index is 5.65. The average molecular weight is 401 g/mol. The summed E-state index contributed by atoms with van der Waals surface area (Å²) in [5.41, 5.74) is 4.12. The molecule has 156 valence electrons. The number of nitrogens with one attached hydrogen (secondary N) is 1. The summed E-state index contributed by atoms with van der Waals surface area (Å²) in [7, 11) is 0. The van der Waals surface area contributed by atoms with E-state index in [0.717, 1.165) is 38.3 Å². The lowest BCUT2D eigenvalue weighted by molar-refractivity contribution is 0.166. The minimum absolute atomic E-state index is 0.460. The summed E-state index contributed by atoms with van der Waals surface area (Å²) in [6, 6.07) is 30.7. The molecule has 1 heterocycles. The van der Waals surface area contributed by atoms with Crippen molar-refractivity contribution in [2.75, 3.05) is 19.7 Å². The number of benzene rings is 3. The number of piperidine rings is 1. The van der Waals surface area contributed by atoms with Crippen LogP contribution in [0.2, 0.25) is 0 Å². The van der Waals surface area contributed by atoms with Crippen molar-refractivity contribution < 1.29 is 4.74 Å². The summed E-state index contributed by atoms with van der Waals surface area (Å²) < 4.78 is 5.65. The molecule has 30 heavy (non-hydrogen) atoms. The van der Waals surface area contributed by atoms with Crippen LogP contribution in [0, 0.1) is 0 Å². The average Bonchev–Trinajstić information content (AvgIpc) is 2.80. The van der Waals surface area contributed by atoms with Crippen molar-refractivity contribution >= 4 is 0 Å². The number of hydrogen-bond donors (Lipinski definition) is 1. The number of rotatable bonds is 8. The third-order valence-electron chi connectivity index (χ3n) is 5.98. The molecule has 0 unspecified atom stereocenters. The lowest BCUT2D eigenvalue weighted by Crippen LogP contribution is -2.47. The summed E-state index contributed by atoms with van der Waals surface area (Å²) >= 11 is 0. The van der Waals surface area contributed by atoms with Gasteiger partial charge in [-0.15, -0.1) is 0 Å². The first-order valence-corrected chi connectivity index (χ1v) is 11.1. The molecule has 1 saturated heterocycles. The van der Waals surface area contributed by atoms with Crippen LogP contribution in [0.15, 0.2) is 84.9 Å². The van der Waals surface area contributed by atoms with E-state index >= 15 is 0 Å². The Morgan fingerprint density at radius 3 is 2.20 bits per heavy atom. The highest BCUT2D eigenvalue weighted by molar-refractivity contribution is 5.31. The second-order valence-corrected chi connectivity index (χ2v) is 8.09. The van der Waals surface area contributed by atoms with Crippen LogP contribution >= 0.6 is 0 Å². The molecule has 1 N–H and O–H groups in total. The summed E-state index contributed by atoms with van der Waals surface area (Å²) in [5, 5.41) is 3.85. The molecule has 2 atom stereocenters. The van der Waals surface area contributed by atoms with Gasteiger partial charge in [0.1, 0.15) is 5.75 Å². The molecule has 3 heteroatoms. The third kappa shape index (κ3) is 5.50. The maximum Gasteiger partial charge on any atom is 0.119 e. The van der Waals surface area contributed by atoms with E-state index in [2.05, 4.69) is 95.1 Å². The van der Waals surface area contributed by atoms with Crippen LogP contribution < -0.4 is 10.1 Å². The van der Waals surface area contributed by atoms with Crippen molar-refractivity contribution in [1.29, 1.82) is 0 Å². The maximum absolute atomic E-state index is 5.65. The predicted molar refractivity (Wildman–Crippen MR) is 124 cm³/mol. The zero-order valence-electron chi connectivity index (χ0n) is 17.8. The lowest BCUT2D eigenvalue weighted by Gasteiger charge is -2.39. The monoisotopic (exact) mass is 400 g/mol. The highest BCUT2D eigenvalue weighted by Gasteiger charge is 2.30. The van der Waals surface area contributed by atoms with Crippen molar-refractivity contribution in [2.24, 2.45) is 0 Å². The van der Waals surface area contributed by atoms with Crippen molar-refractivity contribution in [3.63, 3.8) is 0 Å². The quantitative estimate of drug-likeness (QED) is 0.560. The molecule has 1 aliphatic rings. The molecule has 0 saturated carbocycles. The van der Waals surface area contributed by atoms with E-state index in [1.165, 1.54) is 16.7 Å². The van der Waals surface area contributed by atoms with Gasteiger partial charge in [0.15, 0.2) is 0 Å². The fraction of sp³-hybridized carbons (Fsp3) is 0.333. The molecule has 1 aliphatic heterocycles. The fourth-order valence-electron chi connectivity index (χ4n) is 4.41. The van der Waals surface area contributed by atoms with Crippen molar-refractivity contribution in [1.82, 2.24) is 10.2 Å². The van der Waals surface area contributed by atoms with E-state index in [9.17, 15) is 0 Å². The van der Waals surface area contributed by atoms with Gasteiger partial charge in [-0.2, -0.15) is 0 Å². The molecule has 0 spiro atoms. The number of likely N-dealkylation sites (tertiary alicyclic amines) is 1. The molecular weight excluding hydrogens is 368 g/mol. The predicted octanol–water partition coefficient (Wildman–Crippen LogP) is 5.23. The van der Waals surface area contributed by atoms with Crippen molar-refractivity contribution in [3.8, 4) is 5.75 Å². The van der Waals surface area contributed by atoms with Gasteiger partial charge in [-0.1, -0.05) is 72.8 Å². The van der Waals surface area contributed by atoms with E-state index in [-0.39, 0.29) is 0 Å². The summed E-state index contributed by atoms with van der Waals surface area (Å²) in [4.78, 5) is 2.59. The van der Waals surface area contributed by atoms with Gasteiger partial charge in [0, 0.05) is 38.1 Å². The van der Waals surface area contributed by atoms with Gasteiger partial charge in [0.05, 0.1) is 6.61 Å². The van der Waals surface area contributed by atoms with Gasteiger partial charge in [-0.05, 0) is 42.2 Å². The zero-order chi connectivity index (χ0) is 20.6. The molecule has 3 aromatic rings. The summed E-state index contributed by atoms with van der Waals surface area (Å²) in [6.07, 6.45) is 1.15. The molecule has 3 aromatic carbocycles. The Kier molecular flexibility index (Phi) is 7.17. The Morgan fingerprint density at radius 1 is 0.867 bits per heavy atom. The van der Waals surface area contributed by atoms with E-state index in [1.807, 2.05) is 6.92 Å². The van der Waals surface area contributed by atoms with Crippen LogP contribution in [0.1, 0.15) is 36.0 Å². The van der Waals surface area contributed by atoms with Crippen molar-refractivity contribution in [3.05, 3.63) is 102 Å². The molecular formula is C27H32N2O. The highest BCUT2D eigenvalue weighted by Crippen LogP contribution is 2.30. The van der Waals surface area contributed by atoms with Crippen LogP contribution in [-0.4, -0.2) is 30.6 Å². The Morgan fingerprint density at radius 2 is 1.53 bits per heavy atom. The highest BCUT2D eigenvalue weighted by atomic mass is 16.5. The minimum atomic E-state index is 0.460. The van der Waals surface area contributed by atoms with Crippen LogP contribution in [0.4, 0.5) is 0 Å². The number of ether oxygens (including phenoxy) is 1. The number of hydrogen-bond acceptors (Lipinski definition) is 3.